The number of esters is 1. The molecule has 0 saturated heterocycles. The van der Waals surface area contributed by atoms with Crippen LogP contribution in [0.2, 0.25) is 0 Å². The van der Waals surface area contributed by atoms with Crippen molar-refractivity contribution in [1.29, 1.82) is 0 Å². The van der Waals surface area contributed by atoms with Crippen molar-refractivity contribution in [1.82, 2.24) is 4.90 Å². The Hall–Kier alpha value is -0.610. The first kappa shape index (κ1) is 15.4. The van der Waals surface area contributed by atoms with Gasteiger partial charge in [-0.1, -0.05) is 0 Å². The first-order valence-corrected chi connectivity index (χ1v) is 5.70. The van der Waals surface area contributed by atoms with E-state index in [9.17, 15) is 4.79 Å². The zero-order valence-electron chi connectivity index (χ0n) is 11.4. The maximum absolute atomic E-state index is 11.7. The highest BCUT2D eigenvalue weighted by molar-refractivity contribution is 5.75. The van der Waals surface area contributed by atoms with Crippen molar-refractivity contribution < 1.29 is 14.3 Å². The summed E-state index contributed by atoms with van der Waals surface area (Å²) in [5.74, 6) is -0.174. The molecule has 0 heterocycles. The van der Waals surface area contributed by atoms with Crippen molar-refractivity contribution in [3.05, 3.63) is 0 Å². The summed E-state index contributed by atoms with van der Waals surface area (Å²) in [5.41, 5.74) is -0.418. The van der Waals surface area contributed by atoms with Crippen LogP contribution in [0.3, 0.4) is 0 Å². The van der Waals surface area contributed by atoms with E-state index < -0.39 is 5.60 Å². The Balaban J connectivity index is 4.01. The minimum atomic E-state index is -0.418. The second-order valence-electron chi connectivity index (χ2n) is 5.04. The predicted molar refractivity (Wildman–Crippen MR) is 64.4 cm³/mol. The number of methoxy groups -OCH3 is 1. The largest absolute Gasteiger partial charge is 0.459 e. The third kappa shape index (κ3) is 6.80. The predicted octanol–water partition coefficient (Wildman–Crippen LogP) is 1.68. The van der Waals surface area contributed by atoms with E-state index in [1.807, 2.05) is 39.6 Å². The van der Waals surface area contributed by atoms with Gasteiger partial charge in [-0.15, -0.1) is 0 Å². The third-order valence-electron chi connectivity index (χ3n) is 2.27. The van der Waals surface area contributed by atoms with Gasteiger partial charge in [-0.3, -0.25) is 9.69 Å². The van der Waals surface area contributed by atoms with E-state index >= 15 is 0 Å². The van der Waals surface area contributed by atoms with Crippen LogP contribution in [0.25, 0.3) is 0 Å². The van der Waals surface area contributed by atoms with Crippen LogP contribution in [0.4, 0.5) is 0 Å². The molecule has 0 N–H and O–H groups in total. The van der Waals surface area contributed by atoms with E-state index in [0.29, 0.717) is 6.61 Å². The van der Waals surface area contributed by atoms with Crippen LogP contribution in [0.5, 0.6) is 0 Å². The van der Waals surface area contributed by atoms with Crippen LogP contribution in [-0.4, -0.2) is 49.8 Å². The number of rotatable bonds is 6. The number of hydrogen-bond donors (Lipinski definition) is 0. The Labute approximate surface area is 98.9 Å². The van der Waals surface area contributed by atoms with Gasteiger partial charge in [0.25, 0.3) is 0 Å². The molecule has 0 rings (SSSR count). The molecule has 1 atom stereocenters. The minimum absolute atomic E-state index is 0.174. The highest BCUT2D eigenvalue weighted by Gasteiger charge is 2.24. The number of nitrogens with zero attached hydrogens (tertiary/aromatic N) is 1. The average molecular weight is 231 g/mol. The molecule has 0 aromatic rings. The highest BCUT2D eigenvalue weighted by Crippen LogP contribution is 2.10. The molecular formula is C12H25NO3. The van der Waals surface area contributed by atoms with Crippen molar-refractivity contribution >= 4 is 5.97 Å². The fourth-order valence-corrected chi connectivity index (χ4v) is 1.22. The lowest BCUT2D eigenvalue weighted by molar-refractivity contribution is -0.160. The lowest BCUT2D eigenvalue weighted by Gasteiger charge is -2.27. The number of likely N-dealkylation sites (N-methyl/N-ethyl adjacent to an activating group) is 1. The Kier molecular flexibility index (Phi) is 6.60. The van der Waals surface area contributed by atoms with Crippen LogP contribution in [-0.2, 0) is 14.3 Å². The van der Waals surface area contributed by atoms with Crippen LogP contribution in [0.15, 0.2) is 0 Å². The summed E-state index contributed by atoms with van der Waals surface area (Å²) in [6, 6.07) is -0.212. The topological polar surface area (TPSA) is 38.8 Å². The normalized spacial score (nSPS) is 13.9. The molecule has 0 radical (unpaired) electrons. The Morgan fingerprint density at radius 3 is 2.38 bits per heavy atom. The number of carbonyl (C=O) groups excluding carboxylic acids is 1. The van der Waals surface area contributed by atoms with Gasteiger partial charge in [-0.05, 0) is 41.2 Å². The zero-order valence-corrected chi connectivity index (χ0v) is 11.4. The lowest BCUT2D eigenvalue weighted by atomic mass is 10.2. The molecule has 4 nitrogen and oxygen atoms in total. The molecule has 1 unspecified atom stereocenters. The quantitative estimate of drug-likeness (QED) is 0.515. The Bertz CT molecular complexity index is 211. The summed E-state index contributed by atoms with van der Waals surface area (Å²) in [7, 11) is 3.60. The number of hydrogen-bond acceptors (Lipinski definition) is 4. The summed E-state index contributed by atoms with van der Waals surface area (Å²) >= 11 is 0. The average Bonchev–Trinajstić information content (AvgIpc) is 2.14. The molecule has 0 aromatic heterocycles. The van der Waals surface area contributed by atoms with Crippen molar-refractivity contribution in [3.8, 4) is 0 Å². The zero-order chi connectivity index (χ0) is 12.8. The Morgan fingerprint density at radius 2 is 1.94 bits per heavy atom. The van der Waals surface area contributed by atoms with Crippen LogP contribution in [0.1, 0.15) is 34.1 Å². The van der Waals surface area contributed by atoms with Gasteiger partial charge in [0, 0.05) is 20.3 Å². The second-order valence-corrected chi connectivity index (χ2v) is 5.04. The maximum atomic E-state index is 11.7. The fraction of sp³-hybridized carbons (Fsp3) is 0.917. The SMILES string of the molecule is COCCCN(C)C(C)C(=O)OC(C)(C)C. The van der Waals surface area contributed by atoms with E-state index in [2.05, 4.69) is 0 Å². The molecule has 0 amide bonds. The van der Waals surface area contributed by atoms with Crippen molar-refractivity contribution in [3.63, 3.8) is 0 Å². The molecule has 0 fully saturated rings. The first-order valence-electron chi connectivity index (χ1n) is 5.70. The number of carbonyl (C=O) groups is 1. The summed E-state index contributed by atoms with van der Waals surface area (Å²) in [4.78, 5) is 13.7. The minimum Gasteiger partial charge on any atom is -0.459 e. The van der Waals surface area contributed by atoms with Crippen molar-refractivity contribution in [2.75, 3.05) is 27.3 Å². The van der Waals surface area contributed by atoms with Crippen molar-refractivity contribution in [2.24, 2.45) is 0 Å². The molecule has 0 saturated carbocycles. The van der Waals surface area contributed by atoms with E-state index in [1.54, 1.807) is 7.11 Å². The van der Waals surface area contributed by atoms with Gasteiger partial charge in [0.15, 0.2) is 0 Å². The van der Waals surface area contributed by atoms with E-state index in [1.165, 1.54) is 0 Å². The molecule has 16 heavy (non-hydrogen) atoms. The molecule has 0 aliphatic carbocycles. The standard InChI is InChI=1S/C12H25NO3/c1-10(11(14)16-12(2,3)4)13(5)8-7-9-15-6/h10H,7-9H2,1-6H3. The van der Waals surface area contributed by atoms with E-state index in [0.717, 1.165) is 13.0 Å². The van der Waals surface area contributed by atoms with Gasteiger partial charge < -0.3 is 9.47 Å². The Morgan fingerprint density at radius 1 is 1.38 bits per heavy atom. The van der Waals surface area contributed by atoms with Gasteiger partial charge >= 0.3 is 5.97 Å². The first-order chi connectivity index (χ1) is 7.28. The fourth-order valence-electron chi connectivity index (χ4n) is 1.22. The molecule has 4 heteroatoms. The van der Waals surface area contributed by atoms with Gasteiger partial charge in [-0.2, -0.15) is 0 Å². The van der Waals surface area contributed by atoms with Gasteiger partial charge in [0.1, 0.15) is 11.6 Å². The highest BCUT2D eigenvalue weighted by atomic mass is 16.6. The summed E-state index contributed by atoms with van der Waals surface area (Å²) in [5, 5.41) is 0. The van der Waals surface area contributed by atoms with Crippen LogP contribution < -0.4 is 0 Å². The molecule has 0 aliphatic heterocycles. The summed E-state index contributed by atoms with van der Waals surface area (Å²) < 4.78 is 10.3. The van der Waals surface area contributed by atoms with Gasteiger partial charge in [0.2, 0.25) is 0 Å². The summed E-state index contributed by atoms with van der Waals surface area (Å²) in [6.45, 7) is 9.04. The van der Waals surface area contributed by atoms with Gasteiger partial charge in [-0.25, -0.2) is 0 Å². The summed E-state index contributed by atoms with van der Waals surface area (Å²) in [6.07, 6.45) is 0.917. The van der Waals surface area contributed by atoms with Crippen LogP contribution >= 0.6 is 0 Å². The molecular weight excluding hydrogens is 206 g/mol. The van der Waals surface area contributed by atoms with E-state index in [-0.39, 0.29) is 12.0 Å². The molecule has 0 aliphatic rings. The molecule has 0 bridgehead atoms. The second kappa shape index (κ2) is 6.86. The lowest BCUT2D eigenvalue weighted by Crippen LogP contribution is -2.41. The molecule has 96 valence electrons. The third-order valence-corrected chi connectivity index (χ3v) is 2.27. The van der Waals surface area contributed by atoms with E-state index in [4.69, 9.17) is 9.47 Å². The van der Waals surface area contributed by atoms with Crippen LogP contribution in [0, 0.1) is 0 Å². The van der Waals surface area contributed by atoms with Crippen molar-refractivity contribution in [2.45, 2.75) is 45.8 Å². The molecule has 0 aromatic carbocycles. The number of ether oxygens (including phenoxy) is 2. The molecule has 0 spiro atoms. The van der Waals surface area contributed by atoms with Gasteiger partial charge in [0.05, 0.1) is 0 Å². The maximum Gasteiger partial charge on any atom is 0.323 e. The monoisotopic (exact) mass is 231 g/mol. The smallest absolute Gasteiger partial charge is 0.323 e.